The summed E-state index contributed by atoms with van der Waals surface area (Å²) in [4.78, 5) is 24.0. The number of carbonyl (C=O) groups is 2. The molecular formula is C7H5CoNO4+3. The van der Waals surface area contributed by atoms with Crippen LogP contribution in [0.25, 0.3) is 0 Å². The molecule has 1 aromatic rings. The molecule has 0 bridgehead atoms. The van der Waals surface area contributed by atoms with Crippen LogP contribution in [-0.2, 0) is 16.8 Å². The van der Waals surface area contributed by atoms with Gasteiger partial charge in [-0.15, -0.1) is 0 Å². The topological polar surface area (TPSA) is 87.5 Å². The standard InChI is InChI=1S/C7H5NO4.Co/c9-6(10)4-2-1-3-5(8-4)7(11)12;/h1-3H,(H,9,10)(H,11,12);/q;+3. The smallest absolute Gasteiger partial charge is 0.477 e. The first-order chi connectivity index (χ1) is 5.61. The third-order valence-corrected chi connectivity index (χ3v) is 1.19. The van der Waals surface area contributed by atoms with E-state index < -0.39 is 11.9 Å². The molecule has 0 saturated heterocycles. The molecule has 6 heteroatoms. The first-order valence-corrected chi connectivity index (χ1v) is 3.05. The molecular weight excluding hydrogens is 221 g/mol. The summed E-state index contributed by atoms with van der Waals surface area (Å²) in [6.07, 6.45) is 0. The number of hydrogen-bond acceptors (Lipinski definition) is 3. The summed E-state index contributed by atoms with van der Waals surface area (Å²) in [5, 5.41) is 16.9. The molecule has 0 unspecified atom stereocenters. The summed E-state index contributed by atoms with van der Waals surface area (Å²) in [5.41, 5.74) is -0.537. The summed E-state index contributed by atoms with van der Waals surface area (Å²) < 4.78 is 0. The number of pyridine rings is 1. The van der Waals surface area contributed by atoms with Crippen LogP contribution < -0.4 is 0 Å². The average molecular weight is 226 g/mol. The summed E-state index contributed by atoms with van der Waals surface area (Å²) in [7, 11) is 0. The van der Waals surface area contributed by atoms with Gasteiger partial charge in [0.1, 0.15) is 11.4 Å². The number of carboxylic acid groups (broad SMARTS) is 2. The van der Waals surface area contributed by atoms with Crippen molar-refractivity contribution in [3.63, 3.8) is 0 Å². The van der Waals surface area contributed by atoms with Gasteiger partial charge in [0.05, 0.1) is 0 Å². The minimum absolute atomic E-state index is 0. The van der Waals surface area contributed by atoms with E-state index in [-0.39, 0.29) is 28.2 Å². The van der Waals surface area contributed by atoms with Gasteiger partial charge < -0.3 is 10.2 Å². The normalized spacial score (nSPS) is 8.62. The molecule has 1 heterocycles. The molecule has 1 aromatic heterocycles. The van der Waals surface area contributed by atoms with Crippen molar-refractivity contribution in [2.75, 3.05) is 0 Å². The van der Waals surface area contributed by atoms with Gasteiger partial charge in [0.2, 0.25) is 0 Å². The van der Waals surface area contributed by atoms with E-state index in [0.29, 0.717) is 0 Å². The van der Waals surface area contributed by atoms with Crippen LogP contribution in [0.4, 0.5) is 0 Å². The van der Waals surface area contributed by atoms with Crippen LogP contribution in [0.1, 0.15) is 21.0 Å². The van der Waals surface area contributed by atoms with Crippen molar-refractivity contribution in [1.82, 2.24) is 4.98 Å². The predicted molar refractivity (Wildman–Crippen MR) is 38.2 cm³/mol. The fourth-order valence-corrected chi connectivity index (χ4v) is 0.673. The Morgan fingerprint density at radius 1 is 1.08 bits per heavy atom. The Kier molecular flexibility index (Phi) is 4.09. The van der Waals surface area contributed by atoms with Gasteiger partial charge in [0.15, 0.2) is 0 Å². The molecule has 0 aliphatic carbocycles. The second-order valence-corrected chi connectivity index (χ2v) is 2.02. The van der Waals surface area contributed by atoms with Crippen LogP contribution in [0.5, 0.6) is 0 Å². The van der Waals surface area contributed by atoms with Crippen LogP contribution >= 0.6 is 0 Å². The molecule has 68 valence electrons. The molecule has 0 fully saturated rings. The Hall–Kier alpha value is -1.40. The minimum Gasteiger partial charge on any atom is -0.477 e. The number of aromatic carboxylic acids is 2. The van der Waals surface area contributed by atoms with Gasteiger partial charge in [0, 0.05) is 0 Å². The van der Waals surface area contributed by atoms with Crippen molar-refractivity contribution in [3.8, 4) is 0 Å². The monoisotopic (exact) mass is 226 g/mol. The maximum absolute atomic E-state index is 10.3. The number of rotatable bonds is 2. The van der Waals surface area contributed by atoms with Crippen molar-refractivity contribution < 1.29 is 36.6 Å². The number of carboxylic acids is 2. The molecule has 2 N–H and O–H groups in total. The zero-order chi connectivity index (χ0) is 9.14. The van der Waals surface area contributed by atoms with Gasteiger partial charge in [-0.3, -0.25) is 0 Å². The zero-order valence-electron chi connectivity index (χ0n) is 6.22. The van der Waals surface area contributed by atoms with Crippen molar-refractivity contribution in [2.24, 2.45) is 0 Å². The van der Waals surface area contributed by atoms with E-state index in [1.807, 2.05) is 0 Å². The molecule has 13 heavy (non-hydrogen) atoms. The van der Waals surface area contributed by atoms with E-state index in [9.17, 15) is 9.59 Å². The van der Waals surface area contributed by atoms with Gasteiger partial charge in [-0.1, -0.05) is 6.07 Å². The molecule has 5 nitrogen and oxygen atoms in total. The van der Waals surface area contributed by atoms with E-state index in [4.69, 9.17) is 10.2 Å². The third kappa shape index (κ3) is 2.84. The van der Waals surface area contributed by atoms with Crippen molar-refractivity contribution >= 4 is 11.9 Å². The van der Waals surface area contributed by atoms with Crippen LogP contribution in [-0.4, -0.2) is 27.1 Å². The minimum atomic E-state index is -1.24. The van der Waals surface area contributed by atoms with E-state index in [1.54, 1.807) is 0 Å². The molecule has 0 amide bonds. The molecule has 0 spiro atoms. The molecule has 1 rings (SSSR count). The number of hydrogen-bond donors (Lipinski definition) is 2. The van der Waals surface area contributed by atoms with Crippen LogP contribution in [0.2, 0.25) is 0 Å². The van der Waals surface area contributed by atoms with E-state index in [2.05, 4.69) is 4.98 Å². The second kappa shape index (κ2) is 4.58. The Labute approximate surface area is 83.6 Å². The molecule has 0 aliphatic heterocycles. The summed E-state index contributed by atoms with van der Waals surface area (Å²) >= 11 is 0. The van der Waals surface area contributed by atoms with Gasteiger partial charge >= 0.3 is 28.7 Å². The maximum Gasteiger partial charge on any atom is 3.00 e. The first-order valence-electron chi connectivity index (χ1n) is 3.05. The van der Waals surface area contributed by atoms with Crippen LogP contribution in [0.15, 0.2) is 18.2 Å². The largest absolute Gasteiger partial charge is 3.00 e. The second-order valence-electron chi connectivity index (χ2n) is 2.02. The fraction of sp³-hybridized carbons (Fsp3) is 0. The summed E-state index contributed by atoms with van der Waals surface area (Å²) in [6.45, 7) is 0. The SMILES string of the molecule is O=C(O)c1cccc(C(=O)O)n1.[Co+3]. The molecule has 0 aromatic carbocycles. The van der Waals surface area contributed by atoms with Crippen LogP contribution in [0.3, 0.4) is 0 Å². The van der Waals surface area contributed by atoms with E-state index >= 15 is 0 Å². The number of aromatic nitrogens is 1. The number of nitrogens with zero attached hydrogens (tertiary/aromatic N) is 1. The van der Waals surface area contributed by atoms with Gasteiger partial charge in [-0.05, 0) is 12.1 Å². The quantitative estimate of drug-likeness (QED) is 0.765. The Morgan fingerprint density at radius 2 is 1.46 bits per heavy atom. The molecule has 0 aliphatic rings. The van der Waals surface area contributed by atoms with Gasteiger partial charge in [-0.2, -0.15) is 0 Å². The molecule has 0 saturated carbocycles. The van der Waals surface area contributed by atoms with Crippen molar-refractivity contribution in [1.29, 1.82) is 0 Å². The third-order valence-electron chi connectivity index (χ3n) is 1.19. The fourth-order valence-electron chi connectivity index (χ4n) is 0.673. The van der Waals surface area contributed by atoms with Gasteiger partial charge in [-0.25, -0.2) is 14.6 Å². The van der Waals surface area contributed by atoms with Crippen molar-refractivity contribution in [3.05, 3.63) is 29.6 Å². The Balaban J connectivity index is 0.00000144. The zero-order valence-corrected chi connectivity index (χ0v) is 7.26. The Morgan fingerprint density at radius 3 is 1.77 bits per heavy atom. The van der Waals surface area contributed by atoms with Gasteiger partial charge in [0.25, 0.3) is 0 Å². The molecule has 0 radical (unpaired) electrons. The first kappa shape index (κ1) is 11.6. The summed E-state index contributed by atoms with van der Waals surface area (Å²) in [5.74, 6) is -2.48. The Bertz CT molecular complexity index is 310. The van der Waals surface area contributed by atoms with Crippen LogP contribution in [0, 0.1) is 0 Å². The van der Waals surface area contributed by atoms with E-state index in [1.165, 1.54) is 18.2 Å². The average Bonchev–Trinajstić information content (AvgIpc) is 2.04. The molecule has 0 atom stereocenters. The maximum atomic E-state index is 10.3. The van der Waals surface area contributed by atoms with Crippen molar-refractivity contribution in [2.45, 2.75) is 0 Å². The predicted octanol–water partition coefficient (Wildman–Crippen LogP) is 0.475. The summed E-state index contributed by atoms with van der Waals surface area (Å²) in [6, 6.07) is 3.80. The van der Waals surface area contributed by atoms with E-state index in [0.717, 1.165) is 0 Å².